The van der Waals surface area contributed by atoms with Crippen molar-refractivity contribution in [3.8, 4) is 0 Å². The van der Waals surface area contributed by atoms with E-state index in [0.29, 0.717) is 6.42 Å². The zero-order valence-corrected chi connectivity index (χ0v) is 10.2. The molecular weight excluding hydrogens is 316 g/mol. The Labute approximate surface area is 81.9 Å². The molecule has 0 N–H and O–H groups in total. The number of rotatable bonds is 2. The summed E-state index contributed by atoms with van der Waals surface area (Å²) >= 11 is 4.85. The number of ketones is 1. The fourth-order valence-corrected chi connectivity index (χ4v) is 0.570. The largest absolute Gasteiger partial charge is 0.784 e. The van der Waals surface area contributed by atoms with Crippen molar-refractivity contribution < 1.29 is 25.9 Å². The quantitative estimate of drug-likeness (QED) is 0.720. The third-order valence-electron chi connectivity index (χ3n) is 1.12. The molecule has 3 heteroatoms. The van der Waals surface area contributed by atoms with Crippen molar-refractivity contribution in [3.05, 3.63) is 10.5 Å². The summed E-state index contributed by atoms with van der Waals surface area (Å²) in [5.74, 6) is 0.178. The predicted octanol–water partition coefficient (Wildman–Crippen LogP) is 1.80. The number of Topliss-reactive ketones (excluding diaryl/α,β-unsaturated/α-hetero) is 1. The Balaban J connectivity index is 0. The molecule has 1 nitrogen and oxygen atoms in total. The maximum Gasteiger partial charge on any atom is 0.133 e. The molecule has 0 atom stereocenters. The first kappa shape index (κ1) is 12.9. The molecule has 0 amide bonds. The van der Waals surface area contributed by atoms with Crippen LogP contribution in [-0.2, 0) is 38.5 Å². The van der Waals surface area contributed by atoms with Crippen LogP contribution in [0.5, 0.6) is 0 Å². The summed E-state index contributed by atoms with van der Waals surface area (Å²) in [4.78, 5) is 11.3. The minimum atomic E-state index is 0. The Kier molecular flexibility index (Phi) is 7.84. The maximum atomic E-state index is 10.5. The van der Waals surface area contributed by atoms with Crippen LogP contribution in [-0.4, -0.2) is 5.78 Å². The summed E-state index contributed by atoms with van der Waals surface area (Å²) in [6, 6.07) is 0. The molecule has 0 saturated carbocycles. The van der Waals surface area contributed by atoms with Crippen LogP contribution < -0.4 is 0 Å². The summed E-state index contributed by atoms with van der Waals surface area (Å²) in [6.45, 7) is 5.30. The van der Waals surface area contributed by atoms with E-state index in [4.69, 9.17) is 12.6 Å². The summed E-state index contributed by atoms with van der Waals surface area (Å²) < 4.78 is 0. The molecule has 0 aromatic carbocycles. The van der Waals surface area contributed by atoms with Crippen LogP contribution in [0.3, 0.4) is 0 Å². The smallest absolute Gasteiger partial charge is 0.133 e. The topological polar surface area (TPSA) is 17.1 Å². The molecule has 0 aromatic rings. The van der Waals surface area contributed by atoms with Gasteiger partial charge in [-0.05, 0) is 13.8 Å². The van der Waals surface area contributed by atoms with Gasteiger partial charge in [-0.2, -0.15) is 0 Å². The Hall–Kier alpha value is 0.318. The van der Waals surface area contributed by atoms with Crippen LogP contribution >= 0.6 is 0 Å². The maximum absolute atomic E-state index is 10.5. The third-order valence-corrected chi connectivity index (χ3v) is 1.46. The van der Waals surface area contributed by atoms with Crippen LogP contribution in [0.25, 0.3) is 0 Å². The Bertz CT molecular complexity index is 148. The van der Waals surface area contributed by atoms with Gasteiger partial charge in [0, 0.05) is 27.5 Å². The van der Waals surface area contributed by atoms with Gasteiger partial charge in [-0.25, -0.2) is 4.91 Å². The normalized spacial score (nSPS) is 11.5. The minimum absolute atomic E-state index is 0. The molecule has 0 aliphatic carbocycles. The van der Waals surface area contributed by atoms with Crippen molar-refractivity contribution in [3.63, 3.8) is 0 Å². The van der Waals surface area contributed by atoms with Crippen molar-refractivity contribution in [1.82, 2.24) is 0 Å². The fourth-order valence-electron chi connectivity index (χ4n) is 0.498. The zero-order valence-electron chi connectivity index (χ0n) is 6.43. The van der Waals surface area contributed by atoms with Crippen LogP contribution in [0.15, 0.2) is 10.5 Å². The van der Waals surface area contributed by atoms with Gasteiger partial charge in [-0.3, -0.25) is 4.79 Å². The summed E-state index contributed by atoms with van der Waals surface area (Å²) in [7, 11) is 0. The second kappa shape index (κ2) is 6.06. The first-order chi connectivity index (χ1) is 4.04. The van der Waals surface area contributed by atoms with Gasteiger partial charge in [0.25, 0.3) is 0 Å². The van der Waals surface area contributed by atoms with E-state index in [0.717, 1.165) is 10.5 Å². The summed E-state index contributed by atoms with van der Waals surface area (Å²) in [5, 5.41) is 0. The standard InChI is InChI=1S/C7H12OS.W/c1-5(7(3)9)4-6(2)8;/h9H,4H2,1-3H3;/p-1/b7-5-;. The molecule has 0 fully saturated rings. The molecule has 0 heterocycles. The zero-order chi connectivity index (χ0) is 7.44. The predicted molar refractivity (Wildman–Crippen MR) is 41.0 cm³/mol. The van der Waals surface area contributed by atoms with E-state index >= 15 is 0 Å². The average Bonchev–Trinajstić information content (AvgIpc) is 1.63. The van der Waals surface area contributed by atoms with Gasteiger partial charge in [0.05, 0.1) is 0 Å². The fraction of sp³-hybridized carbons (Fsp3) is 0.571. The Morgan fingerprint density at radius 3 is 1.80 bits per heavy atom. The van der Waals surface area contributed by atoms with Crippen LogP contribution in [0, 0.1) is 0 Å². The number of carbonyl (C=O) groups is 1. The third kappa shape index (κ3) is 6.44. The van der Waals surface area contributed by atoms with Crippen LogP contribution in [0.1, 0.15) is 27.2 Å². The van der Waals surface area contributed by atoms with Gasteiger partial charge >= 0.3 is 0 Å². The van der Waals surface area contributed by atoms with E-state index in [9.17, 15) is 4.79 Å². The van der Waals surface area contributed by atoms with Gasteiger partial charge in [0.2, 0.25) is 0 Å². The van der Waals surface area contributed by atoms with Gasteiger partial charge in [-0.1, -0.05) is 12.5 Å². The van der Waals surface area contributed by atoms with Gasteiger partial charge < -0.3 is 12.6 Å². The van der Waals surface area contributed by atoms with Crippen molar-refractivity contribution in [2.24, 2.45) is 0 Å². The molecule has 0 aliphatic rings. The summed E-state index contributed by atoms with van der Waals surface area (Å²) in [6.07, 6.45) is 0.509. The monoisotopic (exact) mass is 327 g/mol. The molecular formula is C7H11OSW-. The number of hydrogen-bond acceptors (Lipinski definition) is 2. The molecule has 0 unspecified atom stereocenters. The van der Waals surface area contributed by atoms with Crippen LogP contribution in [0.2, 0.25) is 0 Å². The van der Waals surface area contributed by atoms with Gasteiger partial charge in [0.1, 0.15) is 5.78 Å². The van der Waals surface area contributed by atoms with E-state index in [-0.39, 0.29) is 26.8 Å². The first-order valence-electron chi connectivity index (χ1n) is 2.87. The molecule has 0 rings (SSSR count). The van der Waals surface area contributed by atoms with Crippen molar-refractivity contribution >= 4 is 18.4 Å². The number of carbonyl (C=O) groups excluding carboxylic acids is 1. The van der Waals surface area contributed by atoms with E-state index in [1.807, 2.05) is 13.8 Å². The molecule has 58 valence electrons. The van der Waals surface area contributed by atoms with Gasteiger partial charge in [0.15, 0.2) is 0 Å². The number of hydrogen-bond donors (Lipinski definition) is 0. The Morgan fingerprint density at radius 2 is 1.70 bits per heavy atom. The molecule has 0 radical (unpaired) electrons. The van der Waals surface area contributed by atoms with Crippen molar-refractivity contribution in [2.75, 3.05) is 0 Å². The summed E-state index contributed by atoms with van der Waals surface area (Å²) in [5.41, 5.74) is 1.01. The molecule has 0 spiro atoms. The molecule has 0 saturated heterocycles. The molecule has 0 aliphatic heterocycles. The van der Waals surface area contributed by atoms with E-state index in [2.05, 4.69) is 0 Å². The van der Waals surface area contributed by atoms with Gasteiger partial charge in [-0.15, -0.1) is 0 Å². The second-order valence-corrected chi connectivity index (χ2v) is 2.83. The Morgan fingerprint density at radius 1 is 1.30 bits per heavy atom. The molecule has 0 aromatic heterocycles. The molecule has 10 heavy (non-hydrogen) atoms. The SMILES string of the molecule is CC(=O)C/C(C)=C(/C)[S-].[W]. The van der Waals surface area contributed by atoms with E-state index in [1.165, 1.54) is 0 Å². The van der Waals surface area contributed by atoms with Crippen molar-refractivity contribution in [1.29, 1.82) is 0 Å². The van der Waals surface area contributed by atoms with Crippen molar-refractivity contribution in [2.45, 2.75) is 27.2 Å². The van der Waals surface area contributed by atoms with E-state index < -0.39 is 0 Å². The first-order valence-corrected chi connectivity index (χ1v) is 3.27. The average molecular weight is 327 g/mol. The second-order valence-electron chi connectivity index (χ2n) is 2.22. The minimum Gasteiger partial charge on any atom is -0.784 e. The van der Waals surface area contributed by atoms with E-state index in [1.54, 1.807) is 6.92 Å². The van der Waals surface area contributed by atoms with Crippen LogP contribution in [0.4, 0.5) is 0 Å². The molecule has 0 bridgehead atoms. The number of allylic oxidation sites excluding steroid dienone is 2.